The Balaban J connectivity index is 1.84. The molecule has 2 heterocycles. The minimum Gasteiger partial charge on any atom is -0.339 e. The average molecular weight is 247 g/mol. The van der Waals surface area contributed by atoms with Crippen LogP contribution in [0, 0.1) is 5.82 Å². The van der Waals surface area contributed by atoms with E-state index in [1.165, 1.54) is 12.1 Å². The van der Waals surface area contributed by atoms with Crippen molar-refractivity contribution >= 4 is 0 Å². The topological polar surface area (TPSA) is 51.0 Å². The fraction of sp³-hybridized carbons (Fsp3) is 0.385. The SMILES string of the molecule is Fc1cccc(-c2noc([C@@H]3CCCNC3)n2)c1. The summed E-state index contributed by atoms with van der Waals surface area (Å²) < 4.78 is 18.4. The van der Waals surface area contributed by atoms with Gasteiger partial charge in [-0.15, -0.1) is 0 Å². The highest BCUT2D eigenvalue weighted by Crippen LogP contribution is 2.24. The Hall–Kier alpha value is -1.75. The van der Waals surface area contributed by atoms with Crippen molar-refractivity contribution in [2.75, 3.05) is 13.1 Å². The van der Waals surface area contributed by atoms with Crippen LogP contribution in [0.3, 0.4) is 0 Å². The van der Waals surface area contributed by atoms with Crippen molar-refractivity contribution in [1.29, 1.82) is 0 Å². The van der Waals surface area contributed by atoms with Crippen LogP contribution in [0.25, 0.3) is 11.4 Å². The Labute approximate surface area is 104 Å². The maximum atomic E-state index is 13.1. The van der Waals surface area contributed by atoms with Crippen molar-refractivity contribution in [2.45, 2.75) is 18.8 Å². The van der Waals surface area contributed by atoms with Gasteiger partial charge < -0.3 is 9.84 Å². The van der Waals surface area contributed by atoms with Gasteiger partial charge in [0.2, 0.25) is 11.7 Å². The summed E-state index contributed by atoms with van der Waals surface area (Å²) >= 11 is 0. The Morgan fingerprint density at radius 2 is 2.33 bits per heavy atom. The molecule has 0 saturated carbocycles. The lowest BCUT2D eigenvalue weighted by Gasteiger charge is -2.18. The van der Waals surface area contributed by atoms with Crippen molar-refractivity contribution in [3.8, 4) is 11.4 Å². The van der Waals surface area contributed by atoms with Gasteiger partial charge in [0.1, 0.15) is 5.82 Å². The third-order valence-corrected chi connectivity index (χ3v) is 3.17. The molecule has 0 amide bonds. The predicted octanol–water partition coefficient (Wildman–Crippen LogP) is 2.34. The lowest BCUT2D eigenvalue weighted by molar-refractivity contribution is 0.322. The van der Waals surface area contributed by atoms with Crippen LogP contribution in [-0.2, 0) is 0 Å². The zero-order valence-electron chi connectivity index (χ0n) is 9.90. The van der Waals surface area contributed by atoms with Crippen LogP contribution >= 0.6 is 0 Å². The van der Waals surface area contributed by atoms with Crippen molar-refractivity contribution in [2.24, 2.45) is 0 Å². The van der Waals surface area contributed by atoms with E-state index in [1.807, 2.05) is 0 Å². The lowest BCUT2D eigenvalue weighted by Crippen LogP contribution is -2.28. The maximum Gasteiger partial charge on any atom is 0.231 e. The van der Waals surface area contributed by atoms with E-state index < -0.39 is 0 Å². The normalized spacial score (nSPS) is 19.9. The molecule has 94 valence electrons. The third-order valence-electron chi connectivity index (χ3n) is 3.17. The van der Waals surface area contributed by atoms with E-state index in [9.17, 15) is 4.39 Å². The Morgan fingerprint density at radius 3 is 3.11 bits per heavy atom. The van der Waals surface area contributed by atoms with Crippen molar-refractivity contribution < 1.29 is 8.91 Å². The highest BCUT2D eigenvalue weighted by atomic mass is 19.1. The van der Waals surface area contributed by atoms with Crippen molar-refractivity contribution in [1.82, 2.24) is 15.5 Å². The molecule has 4 nitrogen and oxygen atoms in total. The van der Waals surface area contributed by atoms with Crippen LogP contribution in [0.5, 0.6) is 0 Å². The first kappa shape index (κ1) is 11.3. The molecule has 1 atom stereocenters. The molecule has 1 aliphatic rings. The third kappa shape index (κ3) is 2.26. The second-order valence-corrected chi connectivity index (χ2v) is 4.51. The molecule has 2 aromatic rings. The molecule has 5 heteroatoms. The molecule has 3 rings (SSSR count). The van der Waals surface area contributed by atoms with E-state index in [1.54, 1.807) is 12.1 Å². The molecule has 1 saturated heterocycles. The standard InChI is InChI=1S/C13H14FN3O/c14-11-5-1-3-9(7-11)12-16-13(18-17-12)10-4-2-6-15-8-10/h1,3,5,7,10,15H,2,4,6,8H2/t10-/m1/s1. The molecule has 0 unspecified atom stereocenters. The van der Waals surface area contributed by atoms with E-state index in [0.717, 1.165) is 25.9 Å². The van der Waals surface area contributed by atoms with Crippen molar-refractivity contribution in [3.63, 3.8) is 0 Å². The fourth-order valence-corrected chi connectivity index (χ4v) is 2.21. The zero-order valence-corrected chi connectivity index (χ0v) is 9.90. The molecule has 1 N–H and O–H groups in total. The van der Waals surface area contributed by atoms with Crippen LogP contribution in [0.4, 0.5) is 4.39 Å². The van der Waals surface area contributed by atoms with Crippen molar-refractivity contribution in [3.05, 3.63) is 36.0 Å². The van der Waals surface area contributed by atoms with Gasteiger partial charge >= 0.3 is 0 Å². The summed E-state index contributed by atoms with van der Waals surface area (Å²) in [4.78, 5) is 4.36. The molecule has 0 aliphatic carbocycles. The van der Waals surface area contributed by atoms with Crippen LogP contribution in [-0.4, -0.2) is 23.2 Å². The molecular formula is C13H14FN3O. The molecule has 18 heavy (non-hydrogen) atoms. The summed E-state index contributed by atoms with van der Waals surface area (Å²) in [6.45, 7) is 1.91. The van der Waals surface area contributed by atoms with E-state index >= 15 is 0 Å². The van der Waals surface area contributed by atoms with Crippen LogP contribution < -0.4 is 5.32 Å². The molecular weight excluding hydrogens is 233 g/mol. The molecule has 1 aliphatic heterocycles. The first-order chi connectivity index (χ1) is 8.83. The number of piperidine rings is 1. The second kappa shape index (κ2) is 4.86. The number of rotatable bonds is 2. The summed E-state index contributed by atoms with van der Waals surface area (Å²) in [5.41, 5.74) is 0.647. The van der Waals surface area contributed by atoms with E-state index in [2.05, 4.69) is 15.5 Å². The predicted molar refractivity (Wildman–Crippen MR) is 64.5 cm³/mol. The molecule has 0 radical (unpaired) electrons. The van der Waals surface area contributed by atoms with Gasteiger partial charge in [0.25, 0.3) is 0 Å². The fourth-order valence-electron chi connectivity index (χ4n) is 2.21. The van der Waals surface area contributed by atoms with Gasteiger partial charge in [-0.05, 0) is 31.5 Å². The number of nitrogens with zero attached hydrogens (tertiary/aromatic N) is 2. The molecule has 1 aromatic heterocycles. The summed E-state index contributed by atoms with van der Waals surface area (Å²) in [6, 6.07) is 6.23. The summed E-state index contributed by atoms with van der Waals surface area (Å²) in [5, 5.41) is 7.23. The maximum absolute atomic E-state index is 13.1. The number of halogens is 1. The summed E-state index contributed by atoms with van der Waals surface area (Å²) in [5.74, 6) is 1.07. The highest BCUT2D eigenvalue weighted by molar-refractivity contribution is 5.53. The summed E-state index contributed by atoms with van der Waals surface area (Å²) in [6.07, 6.45) is 2.17. The van der Waals surface area contributed by atoms with Crippen LogP contribution in [0.15, 0.2) is 28.8 Å². The van der Waals surface area contributed by atoms with E-state index in [-0.39, 0.29) is 11.7 Å². The van der Waals surface area contributed by atoms with Gasteiger partial charge in [0.15, 0.2) is 0 Å². The number of aromatic nitrogens is 2. The largest absolute Gasteiger partial charge is 0.339 e. The smallest absolute Gasteiger partial charge is 0.231 e. The van der Waals surface area contributed by atoms with Gasteiger partial charge in [-0.2, -0.15) is 4.98 Å². The second-order valence-electron chi connectivity index (χ2n) is 4.51. The van der Waals surface area contributed by atoms with Gasteiger partial charge in [-0.3, -0.25) is 0 Å². The Morgan fingerprint density at radius 1 is 1.39 bits per heavy atom. The molecule has 0 bridgehead atoms. The minimum absolute atomic E-state index is 0.272. The lowest BCUT2D eigenvalue weighted by atomic mass is 10.00. The van der Waals surface area contributed by atoms with E-state index in [0.29, 0.717) is 17.3 Å². The van der Waals surface area contributed by atoms with E-state index in [4.69, 9.17) is 4.52 Å². The number of hydrogen-bond acceptors (Lipinski definition) is 4. The number of nitrogens with one attached hydrogen (secondary N) is 1. The molecule has 0 spiro atoms. The average Bonchev–Trinajstić information content (AvgIpc) is 2.89. The van der Waals surface area contributed by atoms with Gasteiger partial charge in [-0.25, -0.2) is 4.39 Å². The van der Waals surface area contributed by atoms with Crippen LogP contribution in [0.1, 0.15) is 24.7 Å². The molecule has 1 aromatic carbocycles. The number of hydrogen-bond donors (Lipinski definition) is 1. The van der Waals surface area contributed by atoms with Gasteiger partial charge in [-0.1, -0.05) is 17.3 Å². The number of benzene rings is 1. The quantitative estimate of drug-likeness (QED) is 0.885. The molecule has 1 fully saturated rings. The Kier molecular flexibility index (Phi) is 3.06. The monoisotopic (exact) mass is 247 g/mol. The zero-order chi connectivity index (χ0) is 12.4. The minimum atomic E-state index is -0.293. The van der Waals surface area contributed by atoms with Crippen LogP contribution in [0.2, 0.25) is 0 Å². The highest BCUT2D eigenvalue weighted by Gasteiger charge is 2.21. The van der Waals surface area contributed by atoms with Gasteiger partial charge in [0.05, 0.1) is 5.92 Å². The summed E-state index contributed by atoms with van der Waals surface area (Å²) in [7, 11) is 0. The Bertz CT molecular complexity index is 535. The first-order valence-corrected chi connectivity index (χ1v) is 6.13. The van der Waals surface area contributed by atoms with Gasteiger partial charge in [0, 0.05) is 12.1 Å². The first-order valence-electron chi connectivity index (χ1n) is 6.13.